The molecule has 3 rings (SSSR count). The molecule has 0 bridgehead atoms. The zero-order valence-electron chi connectivity index (χ0n) is 10.7. The Morgan fingerprint density at radius 1 is 1.17 bits per heavy atom. The van der Waals surface area contributed by atoms with Crippen molar-refractivity contribution in [2.45, 2.75) is 31.3 Å². The lowest BCUT2D eigenvalue weighted by atomic mass is 10.0. The molecule has 98 valence electrons. The molecule has 1 aromatic heterocycles. The van der Waals surface area contributed by atoms with Crippen LogP contribution in [-0.2, 0) is 0 Å². The summed E-state index contributed by atoms with van der Waals surface area (Å²) >= 11 is 0. The van der Waals surface area contributed by atoms with Gasteiger partial charge in [0.05, 0.1) is 0 Å². The van der Waals surface area contributed by atoms with Crippen molar-refractivity contribution in [2.24, 2.45) is 5.73 Å². The Kier molecular flexibility index (Phi) is 3.43. The van der Waals surface area contributed by atoms with Crippen LogP contribution in [0.3, 0.4) is 0 Å². The van der Waals surface area contributed by atoms with Crippen LogP contribution in [-0.4, -0.2) is 53.1 Å². The molecular formula is C13H21N5. The molecule has 0 aliphatic carbocycles. The number of hydrogen-bond acceptors (Lipinski definition) is 5. The van der Waals surface area contributed by atoms with Crippen molar-refractivity contribution in [3.05, 3.63) is 18.6 Å². The first-order chi connectivity index (χ1) is 8.83. The second-order valence-electron chi connectivity index (χ2n) is 5.33. The Labute approximate surface area is 108 Å². The number of aromatic nitrogens is 2. The second-order valence-corrected chi connectivity index (χ2v) is 5.33. The van der Waals surface area contributed by atoms with Gasteiger partial charge in [0.25, 0.3) is 0 Å². The van der Waals surface area contributed by atoms with Crippen molar-refractivity contribution in [3.63, 3.8) is 0 Å². The number of nitrogens with zero attached hydrogens (tertiary/aromatic N) is 4. The molecule has 1 aromatic rings. The first-order valence-corrected chi connectivity index (χ1v) is 6.83. The minimum absolute atomic E-state index is 0.417. The molecule has 2 N–H and O–H groups in total. The highest BCUT2D eigenvalue weighted by Gasteiger charge is 2.30. The number of likely N-dealkylation sites (tertiary alicyclic amines) is 1. The van der Waals surface area contributed by atoms with Gasteiger partial charge in [0.2, 0.25) is 0 Å². The highest BCUT2D eigenvalue weighted by atomic mass is 15.3. The van der Waals surface area contributed by atoms with Crippen molar-refractivity contribution in [2.75, 3.05) is 31.1 Å². The summed E-state index contributed by atoms with van der Waals surface area (Å²) in [5.41, 5.74) is 5.96. The molecule has 2 fully saturated rings. The topological polar surface area (TPSA) is 58.3 Å². The SMILES string of the molecule is NC1CCN(C2CCN(c3ccncn3)C2)CC1. The molecule has 1 unspecified atom stereocenters. The summed E-state index contributed by atoms with van der Waals surface area (Å²) in [4.78, 5) is 13.3. The molecule has 5 heteroatoms. The van der Waals surface area contributed by atoms with Gasteiger partial charge in [-0.2, -0.15) is 0 Å². The fourth-order valence-electron chi connectivity index (χ4n) is 3.00. The first-order valence-electron chi connectivity index (χ1n) is 6.83. The highest BCUT2D eigenvalue weighted by molar-refractivity contribution is 5.38. The number of rotatable bonds is 2. The molecule has 2 aliphatic rings. The maximum Gasteiger partial charge on any atom is 0.131 e. The number of nitrogens with two attached hydrogens (primary N) is 1. The van der Waals surface area contributed by atoms with Crippen molar-refractivity contribution < 1.29 is 0 Å². The monoisotopic (exact) mass is 247 g/mol. The van der Waals surface area contributed by atoms with Crippen LogP contribution in [0.1, 0.15) is 19.3 Å². The van der Waals surface area contributed by atoms with Crippen LogP contribution in [0.25, 0.3) is 0 Å². The predicted octanol–water partition coefficient (Wildman–Crippen LogP) is 0.478. The summed E-state index contributed by atoms with van der Waals surface area (Å²) < 4.78 is 0. The van der Waals surface area contributed by atoms with Crippen LogP contribution in [0.4, 0.5) is 5.82 Å². The lowest BCUT2D eigenvalue weighted by molar-refractivity contribution is 0.163. The van der Waals surface area contributed by atoms with E-state index in [1.165, 1.54) is 6.42 Å². The fraction of sp³-hybridized carbons (Fsp3) is 0.692. The maximum absolute atomic E-state index is 5.96. The first kappa shape index (κ1) is 11.9. The van der Waals surface area contributed by atoms with E-state index in [0.717, 1.165) is 44.8 Å². The summed E-state index contributed by atoms with van der Waals surface area (Å²) in [7, 11) is 0. The van der Waals surface area contributed by atoms with E-state index in [9.17, 15) is 0 Å². The van der Waals surface area contributed by atoms with Gasteiger partial charge in [0.1, 0.15) is 12.1 Å². The second kappa shape index (κ2) is 5.20. The van der Waals surface area contributed by atoms with Gasteiger partial charge in [-0.05, 0) is 38.4 Å². The standard InChI is InChI=1S/C13H21N5/c14-11-2-6-17(7-3-11)12-4-8-18(9-12)13-1-5-15-10-16-13/h1,5,10-12H,2-4,6-9,14H2. The molecule has 1 atom stereocenters. The van der Waals surface area contributed by atoms with E-state index in [2.05, 4.69) is 19.8 Å². The van der Waals surface area contributed by atoms with E-state index >= 15 is 0 Å². The van der Waals surface area contributed by atoms with Crippen molar-refractivity contribution in [1.29, 1.82) is 0 Å². The Hall–Kier alpha value is -1.20. The molecule has 0 aromatic carbocycles. The van der Waals surface area contributed by atoms with Gasteiger partial charge >= 0.3 is 0 Å². The maximum atomic E-state index is 5.96. The molecule has 5 nitrogen and oxygen atoms in total. The number of anilines is 1. The molecule has 18 heavy (non-hydrogen) atoms. The Balaban J connectivity index is 1.58. The molecule has 2 aliphatic heterocycles. The third-order valence-corrected chi connectivity index (χ3v) is 4.14. The largest absolute Gasteiger partial charge is 0.355 e. The minimum Gasteiger partial charge on any atom is -0.355 e. The Bertz CT molecular complexity index is 374. The highest BCUT2D eigenvalue weighted by Crippen LogP contribution is 2.23. The van der Waals surface area contributed by atoms with E-state index in [1.54, 1.807) is 6.33 Å². The van der Waals surface area contributed by atoms with E-state index in [1.807, 2.05) is 12.3 Å². The van der Waals surface area contributed by atoms with Gasteiger partial charge in [0.15, 0.2) is 0 Å². The van der Waals surface area contributed by atoms with Crippen molar-refractivity contribution in [1.82, 2.24) is 14.9 Å². The van der Waals surface area contributed by atoms with E-state index in [-0.39, 0.29) is 0 Å². The molecule has 0 saturated carbocycles. The predicted molar refractivity (Wildman–Crippen MR) is 71.4 cm³/mol. The molecule has 0 radical (unpaired) electrons. The molecular weight excluding hydrogens is 226 g/mol. The normalized spacial score (nSPS) is 26.7. The molecule has 0 spiro atoms. The van der Waals surface area contributed by atoms with E-state index < -0.39 is 0 Å². The van der Waals surface area contributed by atoms with Crippen molar-refractivity contribution in [3.8, 4) is 0 Å². The van der Waals surface area contributed by atoms with Crippen molar-refractivity contribution >= 4 is 5.82 Å². The van der Waals surface area contributed by atoms with Gasteiger partial charge in [-0.25, -0.2) is 9.97 Å². The molecule has 2 saturated heterocycles. The lowest BCUT2D eigenvalue weighted by Crippen LogP contribution is -2.46. The average molecular weight is 247 g/mol. The zero-order valence-corrected chi connectivity index (χ0v) is 10.7. The summed E-state index contributed by atoms with van der Waals surface area (Å²) in [6.07, 6.45) is 6.96. The van der Waals surface area contributed by atoms with Crippen LogP contribution < -0.4 is 10.6 Å². The Morgan fingerprint density at radius 3 is 2.72 bits per heavy atom. The molecule has 0 amide bonds. The summed E-state index contributed by atoms with van der Waals surface area (Å²) in [6.45, 7) is 4.50. The minimum atomic E-state index is 0.417. The van der Waals surface area contributed by atoms with E-state index in [4.69, 9.17) is 5.73 Å². The zero-order chi connectivity index (χ0) is 12.4. The smallest absolute Gasteiger partial charge is 0.131 e. The Morgan fingerprint density at radius 2 is 2.00 bits per heavy atom. The summed E-state index contributed by atoms with van der Waals surface area (Å²) in [5, 5.41) is 0. The van der Waals surface area contributed by atoms with Gasteiger partial charge in [-0.15, -0.1) is 0 Å². The lowest BCUT2D eigenvalue weighted by Gasteiger charge is -2.34. The number of piperidine rings is 1. The fourth-order valence-corrected chi connectivity index (χ4v) is 3.00. The van der Waals surface area contributed by atoms with Crippen LogP contribution in [0.5, 0.6) is 0 Å². The van der Waals surface area contributed by atoms with Crippen LogP contribution in [0.15, 0.2) is 18.6 Å². The third kappa shape index (κ3) is 2.47. The average Bonchev–Trinajstić information content (AvgIpc) is 2.90. The van der Waals surface area contributed by atoms with Crippen LogP contribution in [0.2, 0.25) is 0 Å². The van der Waals surface area contributed by atoms with Gasteiger partial charge in [0, 0.05) is 31.4 Å². The van der Waals surface area contributed by atoms with Gasteiger partial charge in [-0.1, -0.05) is 0 Å². The summed E-state index contributed by atoms with van der Waals surface area (Å²) in [6, 6.07) is 3.09. The van der Waals surface area contributed by atoms with E-state index in [0.29, 0.717) is 12.1 Å². The van der Waals surface area contributed by atoms with Crippen LogP contribution >= 0.6 is 0 Å². The third-order valence-electron chi connectivity index (χ3n) is 4.14. The number of hydrogen-bond donors (Lipinski definition) is 1. The summed E-state index contributed by atoms with van der Waals surface area (Å²) in [5.74, 6) is 1.06. The van der Waals surface area contributed by atoms with Gasteiger partial charge < -0.3 is 10.6 Å². The van der Waals surface area contributed by atoms with Gasteiger partial charge in [-0.3, -0.25) is 4.90 Å². The quantitative estimate of drug-likeness (QED) is 0.823. The molecule has 3 heterocycles. The van der Waals surface area contributed by atoms with Crippen LogP contribution in [0, 0.1) is 0 Å².